The first kappa shape index (κ1) is 18.7. The van der Waals surface area contributed by atoms with Crippen molar-refractivity contribution in [1.29, 1.82) is 0 Å². The number of halogens is 1. The summed E-state index contributed by atoms with van der Waals surface area (Å²) in [5.74, 6) is -0.359. The van der Waals surface area contributed by atoms with Gasteiger partial charge in [0, 0.05) is 26.2 Å². The van der Waals surface area contributed by atoms with Gasteiger partial charge in [-0.05, 0) is 24.3 Å². The molecule has 0 aromatic heterocycles. The van der Waals surface area contributed by atoms with Crippen molar-refractivity contribution in [3.63, 3.8) is 0 Å². The van der Waals surface area contributed by atoms with Crippen molar-refractivity contribution in [3.8, 4) is 5.75 Å². The normalized spacial score (nSPS) is 14.0. The minimum absolute atomic E-state index is 0.238. The molecule has 1 N–H and O–H groups in total. The Balaban J connectivity index is 1.52. The molecular weight excluding hydrogens is 349 g/mol. The number of ether oxygens (including phenoxy) is 1. The summed E-state index contributed by atoms with van der Waals surface area (Å²) >= 11 is 0. The van der Waals surface area contributed by atoms with Crippen LogP contribution >= 0.6 is 0 Å². The SMILES string of the molecule is COc1ccccc1NC(=O)CC(=O)N1CCN(c2ccccc2F)CC1. The zero-order chi connectivity index (χ0) is 19.2. The zero-order valence-corrected chi connectivity index (χ0v) is 15.2. The lowest BCUT2D eigenvalue weighted by atomic mass is 10.2. The summed E-state index contributed by atoms with van der Waals surface area (Å²) < 4.78 is 19.1. The molecule has 1 aliphatic rings. The number of para-hydroxylation sites is 3. The van der Waals surface area contributed by atoms with Gasteiger partial charge in [0.2, 0.25) is 11.8 Å². The van der Waals surface area contributed by atoms with E-state index in [1.54, 1.807) is 47.4 Å². The smallest absolute Gasteiger partial charge is 0.233 e. The quantitative estimate of drug-likeness (QED) is 0.821. The largest absolute Gasteiger partial charge is 0.495 e. The minimum atomic E-state index is -0.388. The van der Waals surface area contributed by atoms with E-state index >= 15 is 0 Å². The Kier molecular flexibility index (Phi) is 5.90. The van der Waals surface area contributed by atoms with Crippen molar-refractivity contribution < 1.29 is 18.7 Å². The molecule has 27 heavy (non-hydrogen) atoms. The number of nitrogens with one attached hydrogen (secondary N) is 1. The Morgan fingerprint density at radius 1 is 1.04 bits per heavy atom. The lowest BCUT2D eigenvalue weighted by Gasteiger charge is -2.36. The molecule has 2 aromatic carbocycles. The van der Waals surface area contributed by atoms with Gasteiger partial charge >= 0.3 is 0 Å². The van der Waals surface area contributed by atoms with Crippen LogP contribution in [-0.2, 0) is 9.59 Å². The third kappa shape index (κ3) is 4.55. The standard InChI is InChI=1S/C20H22FN3O3/c1-27-18-9-5-3-7-16(18)22-19(25)14-20(26)24-12-10-23(11-13-24)17-8-4-2-6-15(17)21/h2-9H,10-14H2,1H3,(H,22,25). The van der Waals surface area contributed by atoms with Crippen molar-refractivity contribution in [2.75, 3.05) is 43.5 Å². The van der Waals surface area contributed by atoms with E-state index < -0.39 is 0 Å². The fourth-order valence-electron chi connectivity index (χ4n) is 3.10. The van der Waals surface area contributed by atoms with E-state index in [4.69, 9.17) is 4.74 Å². The van der Waals surface area contributed by atoms with E-state index in [2.05, 4.69) is 5.32 Å². The van der Waals surface area contributed by atoms with E-state index in [0.29, 0.717) is 43.3 Å². The molecule has 0 atom stereocenters. The van der Waals surface area contributed by atoms with Gasteiger partial charge < -0.3 is 19.9 Å². The van der Waals surface area contributed by atoms with E-state index in [0.717, 1.165) is 0 Å². The number of anilines is 2. The maximum atomic E-state index is 13.9. The number of piperazine rings is 1. The molecule has 2 amide bonds. The predicted molar refractivity (Wildman–Crippen MR) is 101 cm³/mol. The lowest BCUT2D eigenvalue weighted by molar-refractivity contribution is -0.134. The second-order valence-electron chi connectivity index (χ2n) is 6.24. The summed E-state index contributed by atoms with van der Waals surface area (Å²) in [6.07, 6.45) is -0.238. The summed E-state index contributed by atoms with van der Waals surface area (Å²) in [6.45, 7) is 1.96. The van der Waals surface area contributed by atoms with Gasteiger partial charge in [0.15, 0.2) is 0 Å². The third-order valence-corrected chi connectivity index (χ3v) is 4.52. The molecule has 0 unspecified atom stereocenters. The van der Waals surface area contributed by atoms with Crippen LogP contribution in [0.3, 0.4) is 0 Å². The Morgan fingerprint density at radius 3 is 2.41 bits per heavy atom. The number of hydrogen-bond acceptors (Lipinski definition) is 4. The Bertz CT molecular complexity index is 820. The number of amides is 2. The van der Waals surface area contributed by atoms with Crippen LogP contribution in [0.1, 0.15) is 6.42 Å². The predicted octanol–water partition coefficient (Wildman–Crippen LogP) is 2.51. The van der Waals surface area contributed by atoms with E-state index in [9.17, 15) is 14.0 Å². The van der Waals surface area contributed by atoms with E-state index in [-0.39, 0.29) is 24.1 Å². The van der Waals surface area contributed by atoms with Gasteiger partial charge in [-0.3, -0.25) is 9.59 Å². The minimum Gasteiger partial charge on any atom is -0.495 e. The number of nitrogens with zero attached hydrogens (tertiary/aromatic N) is 2. The third-order valence-electron chi connectivity index (χ3n) is 4.52. The van der Waals surface area contributed by atoms with Crippen LogP contribution in [-0.4, -0.2) is 50.0 Å². The van der Waals surface area contributed by atoms with Gasteiger partial charge in [0.1, 0.15) is 18.0 Å². The average molecular weight is 371 g/mol. The van der Waals surface area contributed by atoms with Crippen molar-refractivity contribution in [3.05, 3.63) is 54.3 Å². The van der Waals surface area contributed by atoms with Crippen molar-refractivity contribution in [2.45, 2.75) is 6.42 Å². The van der Waals surface area contributed by atoms with Crippen LogP contribution in [0.15, 0.2) is 48.5 Å². The second-order valence-corrected chi connectivity index (χ2v) is 6.24. The van der Waals surface area contributed by atoms with Gasteiger partial charge in [-0.25, -0.2) is 4.39 Å². The van der Waals surface area contributed by atoms with Gasteiger partial charge in [-0.15, -0.1) is 0 Å². The molecule has 1 aliphatic heterocycles. The first-order valence-corrected chi connectivity index (χ1v) is 8.78. The summed E-state index contributed by atoms with van der Waals surface area (Å²) in [6, 6.07) is 13.6. The summed E-state index contributed by atoms with van der Waals surface area (Å²) in [5.41, 5.74) is 1.07. The number of methoxy groups -OCH3 is 1. The molecule has 0 radical (unpaired) electrons. The Morgan fingerprint density at radius 2 is 1.70 bits per heavy atom. The van der Waals surface area contributed by atoms with Crippen LogP contribution in [0.2, 0.25) is 0 Å². The molecule has 6 nitrogen and oxygen atoms in total. The number of hydrogen-bond donors (Lipinski definition) is 1. The van der Waals surface area contributed by atoms with Crippen LogP contribution < -0.4 is 15.0 Å². The highest BCUT2D eigenvalue weighted by Crippen LogP contribution is 2.23. The molecule has 1 fully saturated rings. The fourth-order valence-corrected chi connectivity index (χ4v) is 3.10. The van der Waals surface area contributed by atoms with Crippen molar-refractivity contribution in [2.24, 2.45) is 0 Å². The van der Waals surface area contributed by atoms with Gasteiger partial charge in [0.05, 0.1) is 18.5 Å². The maximum Gasteiger partial charge on any atom is 0.233 e. The Hall–Kier alpha value is -3.09. The number of benzene rings is 2. The summed E-state index contributed by atoms with van der Waals surface area (Å²) in [5, 5.41) is 2.70. The highest BCUT2D eigenvalue weighted by molar-refractivity contribution is 6.04. The molecule has 142 valence electrons. The second kappa shape index (κ2) is 8.53. The molecule has 0 aliphatic carbocycles. The Labute approximate surface area is 157 Å². The van der Waals surface area contributed by atoms with Crippen LogP contribution in [0, 0.1) is 5.82 Å². The highest BCUT2D eigenvalue weighted by atomic mass is 19.1. The van der Waals surface area contributed by atoms with Gasteiger partial charge in [-0.2, -0.15) is 0 Å². The van der Waals surface area contributed by atoms with E-state index in [1.165, 1.54) is 13.2 Å². The molecule has 0 bridgehead atoms. The summed E-state index contributed by atoms with van der Waals surface area (Å²) in [7, 11) is 1.52. The molecule has 0 saturated carbocycles. The first-order chi connectivity index (χ1) is 13.1. The maximum absolute atomic E-state index is 13.9. The lowest BCUT2D eigenvalue weighted by Crippen LogP contribution is -2.49. The first-order valence-electron chi connectivity index (χ1n) is 8.78. The summed E-state index contributed by atoms with van der Waals surface area (Å²) in [4.78, 5) is 28.1. The van der Waals surface area contributed by atoms with Gasteiger partial charge in [-0.1, -0.05) is 24.3 Å². The topological polar surface area (TPSA) is 61.9 Å². The molecular formula is C20H22FN3O3. The zero-order valence-electron chi connectivity index (χ0n) is 15.2. The van der Waals surface area contributed by atoms with Crippen LogP contribution in [0.5, 0.6) is 5.75 Å². The average Bonchev–Trinajstić information content (AvgIpc) is 2.69. The molecule has 7 heteroatoms. The molecule has 2 aromatic rings. The fraction of sp³-hybridized carbons (Fsp3) is 0.300. The van der Waals surface area contributed by atoms with Crippen molar-refractivity contribution >= 4 is 23.2 Å². The molecule has 3 rings (SSSR count). The number of rotatable bonds is 5. The van der Waals surface area contributed by atoms with Crippen LogP contribution in [0.4, 0.5) is 15.8 Å². The van der Waals surface area contributed by atoms with Crippen LogP contribution in [0.25, 0.3) is 0 Å². The number of carbonyl (C=O) groups excluding carboxylic acids is 2. The molecule has 0 spiro atoms. The number of carbonyl (C=O) groups is 2. The molecule has 1 heterocycles. The molecule has 1 saturated heterocycles. The van der Waals surface area contributed by atoms with Gasteiger partial charge in [0.25, 0.3) is 0 Å². The monoisotopic (exact) mass is 371 g/mol. The van der Waals surface area contributed by atoms with Crippen molar-refractivity contribution in [1.82, 2.24) is 4.90 Å². The van der Waals surface area contributed by atoms with E-state index in [1.807, 2.05) is 4.90 Å². The highest BCUT2D eigenvalue weighted by Gasteiger charge is 2.24.